The van der Waals surface area contributed by atoms with Crippen molar-refractivity contribution in [2.45, 2.75) is 19.6 Å². The van der Waals surface area contributed by atoms with E-state index in [9.17, 15) is 9.59 Å². The monoisotopic (exact) mass is 546 g/mol. The number of esters is 1. The van der Waals surface area contributed by atoms with Crippen LogP contribution in [0.4, 0.5) is 0 Å². The van der Waals surface area contributed by atoms with Gasteiger partial charge in [0.05, 0.1) is 25.4 Å². The minimum absolute atomic E-state index is 0.0655. The SMILES string of the molecule is COC(=O)c1ccc(CO[C@@H](CN2CCN(C(=O)c3oc4ccccc4c3C)CC2)c2ccc(Cl)cc2)cc1. The molecule has 1 saturated heterocycles. The van der Waals surface area contributed by atoms with Gasteiger partial charge in [-0.3, -0.25) is 9.69 Å². The maximum absolute atomic E-state index is 13.3. The summed E-state index contributed by atoms with van der Waals surface area (Å²) in [6.45, 7) is 5.67. The first-order valence-corrected chi connectivity index (χ1v) is 13.3. The molecule has 8 heteroatoms. The Morgan fingerprint density at radius 3 is 2.31 bits per heavy atom. The van der Waals surface area contributed by atoms with E-state index >= 15 is 0 Å². The first kappa shape index (κ1) is 26.9. The number of aryl methyl sites for hydroxylation is 1. The van der Waals surface area contributed by atoms with Crippen molar-refractivity contribution in [3.8, 4) is 0 Å². The van der Waals surface area contributed by atoms with Gasteiger partial charge in [0.2, 0.25) is 0 Å². The third-order valence-electron chi connectivity index (χ3n) is 7.19. The molecule has 0 aliphatic carbocycles. The van der Waals surface area contributed by atoms with Crippen LogP contribution in [0.3, 0.4) is 0 Å². The van der Waals surface area contributed by atoms with E-state index in [0.717, 1.165) is 40.7 Å². The minimum Gasteiger partial charge on any atom is -0.465 e. The van der Waals surface area contributed by atoms with Crippen LogP contribution in [0.2, 0.25) is 5.02 Å². The van der Waals surface area contributed by atoms with Crippen LogP contribution in [0.5, 0.6) is 0 Å². The predicted octanol–water partition coefficient (Wildman–Crippen LogP) is 5.90. The lowest BCUT2D eigenvalue weighted by atomic mass is 10.1. The maximum Gasteiger partial charge on any atom is 0.337 e. The van der Waals surface area contributed by atoms with Crippen LogP contribution in [0.15, 0.2) is 77.2 Å². The van der Waals surface area contributed by atoms with Crippen molar-refractivity contribution < 1.29 is 23.5 Å². The number of hydrogen-bond donors (Lipinski definition) is 0. The lowest BCUT2D eigenvalue weighted by molar-refractivity contribution is 0.00310. The number of halogens is 1. The summed E-state index contributed by atoms with van der Waals surface area (Å²) in [5.41, 5.74) is 4.11. The molecule has 1 aromatic heterocycles. The third-order valence-corrected chi connectivity index (χ3v) is 7.44. The summed E-state index contributed by atoms with van der Waals surface area (Å²) >= 11 is 6.13. The van der Waals surface area contributed by atoms with E-state index in [4.69, 9.17) is 25.5 Å². The van der Waals surface area contributed by atoms with Crippen LogP contribution in [0.1, 0.15) is 43.7 Å². The maximum atomic E-state index is 13.3. The topological polar surface area (TPSA) is 72.2 Å². The number of benzene rings is 3. The molecule has 1 atom stereocenters. The Bertz CT molecular complexity index is 1440. The van der Waals surface area contributed by atoms with Crippen molar-refractivity contribution in [1.29, 1.82) is 0 Å². The molecule has 7 nitrogen and oxygen atoms in total. The van der Waals surface area contributed by atoms with Crippen molar-refractivity contribution in [3.63, 3.8) is 0 Å². The molecule has 1 amide bonds. The number of ether oxygens (including phenoxy) is 2. The zero-order valence-electron chi connectivity index (χ0n) is 22.1. The molecule has 0 bridgehead atoms. The molecule has 0 unspecified atom stereocenters. The molecule has 3 aromatic carbocycles. The molecule has 202 valence electrons. The number of piperazine rings is 1. The summed E-state index contributed by atoms with van der Waals surface area (Å²) in [6.07, 6.45) is -0.192. The Labute approximate surface area is 232 Å². The Kier molecular flexibility index (Phi) is 8.31. The smallest absolute Gasteiger partial charge is 0.337 e. The quantitative estimate of drug-likeness (QED) is 0.256. The fourth-order valence-corrected chi connectivity index (χ4v) is 5.00. The Balaban J connectivity index is 1.22. The van der Waals surface area contributed by atoms with Gasteiger partial charge in [-0.1, -0.05) is 54.1 Å². The zero-order chi connectivity index (χ0) is 27.4. The van der Waals surface area contributed by atoms with E-state index in [1.165, 1.54) is 7.11 Å². The van der Waals surface area contributed by atoms with Crippen molar-refractivity contribution in [3.05, 3.63) is 106 Å². The standard InChI is InChI=1S/C31H31ClN2O5/c1-21-26-5-3-4-6-27(26)39-29(21)30(35)34-17-15-33(16-18-34)19-28(23-11-13-25(32)14-12-23)38-20-22-7-9-24(10-8-22)31(36)37-2/h3-14,28H,15-20H2,1-2H3/t28-/m0/s1. The molecule has 0 spiro atoms. The van der Waals surface area contributed by atoms with Crippen LogP contribution in [0.25, 0.3) is 11.0 Å². The number of fused-ring (bicyclic) bond motifs is 1. The van der Waals surface area contributed by atoms with E-state index in [1.807, 2.05) is 72.5 Å². The number of carbonyl (C=O) groups excluding carboxylic acids is 2. The van der Waals surface area contributed by atoms with Gasteiger partial charge in [0.15, 0.2) is 5.76 Å². The van der Waals surface area contributed by atoms with Gasteiger partial charge in [0.25, 0.3) is 5.91 Å². The summed E-state index contributed by atoms with van der Waals surface area (Å²) in [4.78, 5) is 29.2. The van der Waals surface area contributed by atoms with Gasteiger partial charge in [-0.05, 0) is 48.4 Å². The Morgan fingerprint density at radius 1 is 0.949 bits per heavy atom. The average molecular weight is 547 g/mol. The number of furan rings is 1. The number of amides is 1. The second kappa shape index (κ2) is 12.0. The first-order valence-electron chi connectivity index (χ1n) is 13.0. The van der Waals surface area contributed by atoms with Crippen molar-refractivity contribution in [2.24, 2.45) is 0 Å². The van der Waals surface area contributed by atoms with E-state index < -0.39 is 0 Å². The van der Waals surface area contributed by atoms with Crippen LogP contribution in [-0.4, -0.2) is 61.5 Å². The Hall–Kier alpha value is -3.65. The highest BCUT2D eigenvalue weighted by Gasteiger charge is 2.28. The van der Waals surface area contributed by atoms with E-state index in [0.29, 0.717) is 42.6 Å². The molecule has 1 aliphatic heterocycles. The molecule has 0 radical (unpaired) electrons. The molecule has 0 N–H and O–H groups in total. The lowest BCUT2D eigenvalue weighted by Crippen LogP contribution is -2.49. The molecule has 1 fully saturated rings. The van der Waals surface area contributed by atoms with Crippen LogP contribution < -0.4 is 0 Å². The molecule has 5 rings (SSSR count). The number of para-hydroxylation sites is 1. The van der Waals surface area contributed by atoms with Gasteiger partial charge in [-0.15, -0.1) is 0 Å². The molecular weight excluding hydrogens is 516 g/mol. The first-order chi connectivity index (χ1) is 18.9. The number of rotatable bonds is 8. The molecular formula is C31H31ClN2O5. The highest BCUT2D eigenvalue weighted by Crippen LogP contribution is 2.27. The van der Waals surface area contributed by atoms with E-state index in [1.54, 1.807) is 12.1 Å². The predicted molar refractivity (Wildman–Crippen MR) is 150 cm³/mol. The van der Waals surface area contributed by atoms with Gasteiger partial charge in [0, 0.05) is 48.7 Å². The van der Waals surface area contributed by atoms with Crippen LogP contribution in [0, 0.1) is 6.92 Å². The average Bonchev–Trinajstić information content (AvgIpc) is 3.32. The summed E-state index contributed by atoms with van der Waals surface area (Å²) in [6, 6.07) is 22.6. The second-order valence-electron chi connectivity index (χ2n) is 9.68. The van der Waals surface area contributed by atoms with Crippen molar-refractivity contribution in [2.75, 3.05) is 39.8 Å². The normalized spacial score (nSPS) is 14.9. The number of methoxy groups -OCH3 is 1. The molecule has 0 saturated carbocycles. The molecule has 4 aromatic rings. The van der Waals surface area contributed by atoms with E-state index in [2.05, 4.69) is 4.90 Å². The summed E-state index contributed by atoms with van der Waals surface area (Å²) in [7, 11) is 1.37. The van der Waals surface area contributed by atoms with E-state index in [-0.39, 0.29) is 18.0 Å². The highest BCUT2D eigenvalue weighted by molar-refractivity contribution is 6.30. The van der Waals surface area contributed by atoms with Gasteiger partial charge in [0.1, 0.15) is 5.58 Å². The molecule has 2 heterocycles. The summed E-state index contributed by atoms with van der Waals surface area (Å²) < 4.78 is 17.1. The van der Waals surface area contributed by atoms with Crippen LogP contribution in [-0.2, 0) is 16.1 Å². The van der Waals surface area contributed by atoms with Crippen LogP contribution >= 0.6 is 11.6 Å². The van der Waals surface area contributed by atoms with Gasteiger partial charge >= 0.3 is 5.97 Å². The number of carbonyl (C=O) groups is 2. The second-order valence-corrected chi connectivity index (χ2v) is 10.1. The fraction of sp³-hybridized carbons (Fsp3) is 0.290. The molecule has 1 aliphatic rings. The highest BCUT2D eigenvalue weighted by atomic mass is 35.5. The summed E-state index contributed by atoms with van der Waals surface area (Å²) in [5, 5.41) is 1.64. The third kappa shape index (κ3) is 6.17. The van der Waals surface area contributed by atoms with Crippen molar-refractivity contribution >= 4 is 34.4 Å². The molecule has 39 heavy (non-hydrogen) atoms. The van der Waals surface area contributed by atoms with Gasteiger partial charge < -0.3 is 18.8 Å². The van der Waals surface area contributed by atoms with Crippen molar-refractivity contribution in [1.82, 2.24) is 9.80 Å². The summed E-state index contributed by atoms with van der Waals surface area (Å²) in [5.74, 6) is -0.0101. The van der Waals surface area contributed by atoms with Gasteiger partial charge in [-0.2, -0.15) is 0 Å². The minimum atomic E-state index is -0.366. The largest absolute Gasteiger partial charge is 0.465 e. The zero-order valence-corrected chi connectivity index (χ0v) is 22.8. The fourth-order valence-electron chi connectivity index (χ4n) is 4.87. The Morgan fingerprint density at radius 2 is 1.64 bits per heavy atom. The number of nitrogens with zero attached hydrogens (tertiary/aromatic N) is 2. The lowest BCUT2D eigenvalue weighted by Gasteiger charge is -2.36. The van der Waals surface area contributed by atoms with Gasteiger partial charge in [-0.25, -0.2) is 4.79 Å². The number of hydrogen-bond acceptors (Lipinski definition) is 6.